The summed E-state index contributed by atoms with van der Waals surface area (Å²) in [6.07, 6.45) is -1.18. The maximum absolute atomic E-state index is 11.7. The zero-order valence-electron chi connectivity index (χ0n) is 11.6. The van der Waals surface area contributed by atoms with Gasteiger partial charge in [0, 0.05) is 5.69 Å². The lowest BCUT2D eigenvalue weighted by Gasteiger charge is -2.20. The Morgan fingerprint density at radius 2 is 1.77 bits per heavy atom. The minimum Gasteiger partial charge on any atom is -0.450 e. The molecule has 0 saturated heterocycles. The topological polar surface area (TPSA) is 125 Å². The predicted molar refractivity (Wildman–Crippen MR) is 82.5 cm³/mol. The average Bonchev–Trinajstić information content (AvgIpc) is 2.69. The van der Waals surface area contributed by atoms with Gasteiger partial charge < -0.3 is 21.5 Å². The molecule has 2 rings (SSSR count). The minimum atomic E-state index is -1.45. The molecule has 22 heavy (non-hydrogen) atoms. The van der Waals surface area contributed by atoms with E-state index in [1.165, 1.54) is 0 Å². The second kappa shape index (κ2) is 6.18. The first kappa shape index (κ1) is 16.0. The molecule has 1 aromatic carbocycles. The fourth-order valence-electron chi connectivity index (χ4n) is 2.05. The third-order valence-electron chi connectivity index (χ3n) is 3.18. The van der Waals surface area contributed by atoms with Crippen molar-refractivity contribution in [1.82, 2.24) is 0 Å². The molecule has 8 heteroatoms. The van der Waals surface area contributed by atoms with Crippen LogP contribution in [0.1, 0.15) is 5.56 Å². The number of nitrogens with two attached hydrogens (primary N) is 2. The molecule has 7 nitrogen and oxygen atoms in total. The Labute approximate surface area is 134 Å². The summed E-state index contributed by atoms with van der Waals surface area (Å²) in [6, 6.07) is 7.30. The molecule has 0 bridgehead atoms. The average molecular weight is 368 g/mol. The SMILES string of the molecule is Cc1ccc(NC2=C(Br)C(=O)O[C@H]2C(C(N)=O)C(N)=O)cc1. The summed E-state index contributed by atoms with van der Waals surface area (Å²) < 4.78 is 5.13. The zero-order chi connectivity index (χ0) is 16.4. The van der Waals surface area contributed by atoms with Crippen molar-refractivity contribution in [3.63, 3.8) is 0 Å². The van der Waals surface area contributed by atoms with Crippen LogP contribution < -0.4 is 16.8 Å². The third kappa shape index (κ3) is 3.11. The highest BCUT2D eigenvalue weighted by molar-refractivity contribution is 9.12. The van der Waals surface area contributed by atoms with E-state index in [0.29, 0.717) is 5.69 Å². The molecule has 5 N–H and O–H groups in total. The van der Waals surface area contributed by atoms with Crippen molar-refractivity contribution in [2.24, 2.45) is 17.4 Å². The largest absolute Gasteiger partial charge is 0.450 e. The number of nitrogens with one attached hydrogen (secondary N) is 1. The number of hydrogen-bond donors (Lipinski definition) is 3. The van der Waals surface area contributed by atoms with E-state index in [-0.39, 0.29) is 10.2 Å². The van der Waals surface area contributed by atoms with Gasteiger partial charge in [-0.25, -0.2) is 4.79 Å². The number of esters is 1. The molecule has 0 aliphatic carbocycles. The number of primary amides is 2. The second-order valence-corrected chi connectivity index (χ2v) is 5.62. The van der Waals surface area contributed by atoms with Crippen LogP contribution in [0, 0.1) is 12.8 Å². The predicted octanol–water partition coefficient (Wildman–Crippen LogP) is 0.526. The van der Waals surface area contributed by atoms with Gasteiger partial charge in [0.25, 0.3) is 0 Å². The Balaban J connectivity index is 2.35. The van der Waals surface area contributed by atoms with Crippen LogP contribution in [0.3, 0.4) is 0 Å². The number of benzene rings is 1. The maximum Gasteiger partial charge on any atom is 0.347 e. The molecule has 0 unspecified atom stereocenters. The number of cyclic esters (lactones) is 1. The van der Waals surface area contributed by atoms with E-state index in [0.717, 1.165) is 5.56 Å². The smallest absolute Gasteiger partial charge is 0.347 e. The zero-order valence-corrected chi connectivity index (χ0v) is 13.2. The number of halogens is 1. The molecule has 1 atom stereocenters. The number of ether oxygens (including phenoxy) is 1. The van der Waals surface area contributed by atoms with Gasteiger partial charge >= 0.3 is 5.97 Å². The van der Waals surface area contributed by atoms with E-state index < -0.39 is 29.8 Å². The Kier molecular flexibility index (Phi) is 4.51. The van der Waals surface area contributed by atoms with Crippen molar-refractivity contribution in [2.75, 3.05) is 5.32 Å². The lowest BCUT2D eigenvalue weighted by atomic mass is 9.98. The summed E-state index contributed by atoms with van der Waals surface area (Å²) in [6.45, 7) is 1.93. The number of rotatable bonds is 5. The van der Waals surface area contributed by atoms with Crippen molar-refractivity contribution in [1.29, 1.82) is 0 Å². The van der Waals surface area contributed by atoms with Crippen molar-refractivity contribution < 1.29 is 19.1 Å². The van der Waals surface area contributed by atoms with Crippen LogP contribution in [-0.4, -0.2) is 23.9 Å². The fourth-order valence-corrected chi connectivity index (χ4v) is 2.47. The van der Waals surface area contributed by atoms with E-state index in [4.69, 9.17) is 16.2 Å². The number of carbonyl (C=O) groups excluding carboxylic acids is 3. The highest BCUT2D eigenvalue weighted by atomic mass is 79.9. The molecule has 1 aliphatic heterocycles. The third-order valence-corrected chi connectivity index (χ3v) is 3.93. The van der Waals surface area contributed by atoms with Gasteiger partial charge in [0.2, 0.25) is 11.8 Å². The minimum absolute atomic E-state index is 0.0885. The van der Waals surface area contributed by atoms with E-state index in [2.05, 4.69) is 21.2 Å². The maximum atomic E-state index is 11.7. The van der Waals surface area contributed by atoms with Gasteiger partial charge in [-0.15, -0.1) is 0 Å². The van der Waals surface area contributed by atoms with Crippen LogP contribution in [0.2, 0.25) is 0 Å². The van der Waals surface area contributed by atoms with E-state index >= 15 is 0 Å². The van der Waals surface area contributed by atoms with Crippen LogP contribution in [0.25, 0.3) is 0 Å². The Morgan fingerprint density at radius 1 is 1.23 bits per heavy atom. The Morgan fingerprint density at radius 3 is 2.27 bits per heavy atom. The fraction of sp³-hybridized carbons (Fsp3) is 0.214. The quantitative estimate of drug-likeness (QED) is 0.516. The van der Waals surface area contributed by atoms with Gasteiger partial charge in [-0.1, -0.05) is 17.7 Å². The highest BCUT2D eigenvalue weighted by Gasteiger charge is 2.44. The van der Waals surface area contributed by atoms with Crippen LogP contribution in [0.15, 0.2) is 34.4 Å². The first-order valence-electron chi connectivity index (χ1n) is 6.34. The number of hydrogen-bond acceptors (Lipinski definition) is 5. The van der Waals surface area contributed by atoms with Gasteiger partial charge in [0.05, 0.1) is 5.70 Å². The van der Waals surface area contributed by atoms with Crippen LogP contribution in [0.4, 0.5) is 5.69 Å². The lowest BCUT2D eigenvalue weighted by Crippen LogP contribution is -2.45. The lowest BCUT2D eigenvalue weighted by molar-refractivity contribution is -0.146. The summed E-state index contributed by atoms with van der Waals surface area (Å²) >= 11 is 3.09. The van der Waals surface area contributed by atoms with Gasteiger partial charge in [-0.05, 0) is 35.0 Å². The first-order chi connectivity index (χ1) is 10.3. The van der Waals surface area contributed by atoms with Crippen LogP contribution >= 0.6 is 15.9 Å². The summed E-state index contributed by atoms with van der Waals surface area (Å²) in [5, 5.41) is 2.96. The van der Waals surface area contributed by atoms with Crippen molar-refractivity contribution in [3.8, 4) is 0 Å². The molecule has 0 fully saturated rings. The van der Waals surface area contributed by atoms with Crippen LogP contribution in [-0.2, 0) is 19.1 Å². The molecule has 1 heterocycles. The van der Waals surface area contributed by atoms with Gasteiger partial charge in [0.15, 0.2) is 12.0 Å². The van der Waals surface area contributed by atoms with Crippen LogP contribution in [0.5, 0.6) is 0 Å². The van der Waals surface area contributed by atoms with Gasteiger partial charge in [-0.2, -0.15) is 0 Å². The molecule has 1 aromatic rings. The summed E-state index contributed by atoms with van der Waals surface area (Å²) in [4.78, 5) is 34.6. The normalized spacial score (nSPS) is 17.6. The molecule has 116 valence electrons. The van der Waals surface area contributed by atoms with Crippen molar-refractivity contribution >= 4 is 39.4 Å². The van der Waals surface area contributed by atoms with E-state index in [9.17, 15) is 14.4 Å². The van der Waals surface area contributed by atoms with Crippen molar-refractivity contribution in [2.45, 2.75) is 13.0 Å². The molecular weight excluding hydrogens is 354 g/mol. The number of amides is 2. The standard InChI is InChI=1S/C14H14BrN3O4/c1-6-2-4-7(5-3-6)18-10-9(15)14(21)22-11(10)8(12(16)19)13(17)20/h2-5,8,11,18H,1H3,(H2,16,19)(H2,17,20)/t11-/m0/s1. The molecule has 0 radical (unpaired) electrons. The number of anilines is 1. The Bertz CT molecular complexity index is 655. The monoisotopic (exact) mass is 367 g/mol. The first-order valence-corrected chi connectivity index (χ1v) is 7.13. The van der Waals surface area contributed by atoms with Gasteiger partial charge in [0.1, 0.15) is 4.48 Å². The molecule has 0 spiro atoms. The number of carbonyl (C=O) groups is 3. The van der Waals surface area contributed by atoms with E-state index in [1.54, 1.807) is 12.1 Å². The number of aryl methyl sites for hydroxylation is 1. The van der Waals surface area contributed by atoms with E-state index in [1.807, 2.05) is 19.1 Å². The second-order valence-electron chi connectivity index (χ2n) is 4.83. The molecular formula is C14H14BrN3O4. The molecule has 0 saturated carbocycles. The van der Waals surface area contributed by atoms with Crippen molar-refractivity contribution in [3.05, 3.63) is 40.0 Å². The molecule has 0 aromatic heterocycles. The summed E-state index contributed by atoms with van der Waals surface area (Å²) in [5.41, 5.74) is 12.3. The molecule has 2 amide bonds. The summed E-state index contributed by atoms with van der Waals surface area (Å²) in [5.74, 6) is -4.08. The highest BCUT2D eigenvalue weighted by Crippen LogP contribution is 2.32. The molecule has 1 aliphatic rings. The Hall–Kier alpha value is -2.35. The summed E-state index contributed by atoms with van der Waals surface area (Å²) in [7, 11) is 0. The van der Waals surface area contributed by atoms with Gasteiger partial charge in [-0.3, -0.25) is 9.59 Å².